The molecule has 3 aliphatic rings. The van der Waals surface area contributed by atoms with Gasteiger partial charge in [-0.2, -0.15) is 0 Å². The van der Waals surface area contributed by atoms with Gasteiger partial charge in [-0.15, -0.1) is 0 Å². The van der Waals surface area contributed by atoms with Crippen molar-refractivity contribution in [2.24, 2.45) is 13.0 Å². The van der Waals surface area contributed by atoms with Crippen LogP contribution in [-0.4, -0.2) is 60.8 Å². The van der Waals surface area contributed by atoms with Gasteiger partial charge in [0.1, 0.15) is 11.6 Å². The van der Waals surface area contributed by atoms with E-state index in [4.69, 9.17) is 4.98 Å². The van der Waals surface area contributed by atoms with E-state index in [0.29, 0.717) is 23.4 Å². The molecule has 198 valence electrons. The maximum absolute atomic E-state index is 15.6. The molecule has 3 heterocycles. The van der Waals surface area contributed by atoms with Crippen molar-refractivity contribution >= 4 is 20.9 Å². The molecular formula is C29H37FN4O2S. The lowest BCUT2D eigenvalue weighted by atomic mass is 9.72. The number of fused-ring (bicyclic) bond motifs is 1. The molecule has 2 atom stereocenters. The molecule has 1 saturated carbocycles. The summed E-state index contributed by atoms with van der Waals surface area (Å²) in [7, 11) is -1.31. The van der Waals surface area contributed by atoms with Crippen LogP contribution in [-0.2, 0) is 16.9 Å². The third-order valence-corrected chi connectivity index (χ3v) is 10.3. The van der Waals surface area contributed by atoms with Crippen molar-refractivity contribution in [2.45, 2.75) is 67.8 Å². The molecule has 3 aromatic rings. The zero-order chi connectivity index (χ0) is 25.7. The fourth-order valence-corrected chi connectivity index (χ4v) is 7.46. The topological polar surface area (TPSA) is 67.2 Å². The maximum atomic E-state index is 15.6. The van der Waals surface area contributed by atoms with Gasteiger partial charge in [-0.1, -0.05) is 6.42 Å². The minimum Gasteiger partial charge on any atom is -0.327 e. The average molecular weight is 525 g/mol. The molecule has 0 radical (unpaired) electrons. The van der Waals surface area contributed by atoms with Gasteiger partial charge < -0.3 is 9.88 Å². The number of aromatic nitrogens is 2. The Labute approximate surface area is 219 Å². The molecule has 0 bridgehead atoms. The Morgan fingerprint density at radius 3 is 2.41 bits per heavy atom. The fourth-order valence-electron chi connectivity index (χ4n) is 6.83. The summed E-state index contributed by atoms with van der Waals surface area (Å²) in [6, 6.07) is 11.6. The van der Waals surface area contributed by atoms with Crippen LogP contribution >= 0.6 is 0 Å². The highest BCUT2D eigenvalue weighted by molar-refractivity contribution is 7.90. The second-order valence-electron chi connectivity index (χ2n) is 11.4. The molecule has 1 aromatic heterocycles. The second kappa shape index (κ2) is 9.79. The predicted octanol–water partition coefficient (Wildman–Crippen LogP) is 4.88. The van der Waals surface area contributed by atoms with Crippen molar-refractivity contribution in [2.75, 3.05) is 25.9 Å². The molecule has 0 amide bonds. The van der Waals surface area contributed by atoms with Crippen LogP contribution in [0, 0.1) is 11.7 Å². The molecule has 37 heavy (non-hydrogen) atoms. The predicted molar refractivity (Wildman–Crippen MR) is 145 cm³/mol. The van der Waals surface area contributed by atoms with E-state index in [9.17, 15) is 8.42 Å². The van der Waals surface area contributed by atoms with Gasteiger partial charge in [-0.05, 0) is 106 Å². The lowest BCUT2D eigenvalue weighted by Gasteiger charge is -2.50. The Morgan fingerprint density at radius 2 is 1.76 bits per heavy atom. The molecule has 0 spiro atoms. The van der Waals surface area contributed by atoms with E-state index in [0.717, 1.165) is 55.0 Å². The number of halogens is 1. The minimum atomic E-state index is -3.26. The second-order valence-corrected chi connectivity index (χ2v) is 13.4. The van der Waals surface area contributed by atoms with Crippen LogP contribution in [0.4, 0.5) is 4.39 Å². The van der Waals surface area contributed by atoms with Crippen LogP contribution in [0.5, 0.6) is 0 Å². The van der Waals surface area contributed by atoms with Gasteiger partial charge in [0.2, 0.25) is 0 Å². The molecule has 1 unspecified atom stereocenters. The molecule has 1 aliphatic carbocycles. The van der Waals surface area contributed by atoms with Crippen molar-refractivity contribution in [1.29, 1.82) is 0 Å². The van der Waals surface area contributed by atoms with E-state index >= 15 is 4.39 Å². The summed E-state index contributed by atoms with van der Waals surface area (Å²) < 4.78 is 41.3. The normalized spacial score (nSPS) is 24.4. The number of piperidine rings is 2. The Kier molecular flexibility index (Phi) is 6.62. The molecule has 3 fully saturated rings. The van der Waals surface area contributed by atoms with Crippen LogP contribution in [0.25, 0.3) is 22.4 Å². The molecule has 2 aliphatic heterocycles. The zero-order valence-corrected chi connectivity index (χ0v) is 22.6. The molecular weight excluding hydrogens is 487 g/mol. The fraction of sp³-hybridized carbons (Fsp3) is 0.552. The van der Waals surface area contributed by atoms with E-state index in [1.807, 2.05) is 17.7 Å². The maximum Gasteiger partial charge on any atom is 0.175 e. The van der Waals surface area contributed by atoms with Gasteiger partial charge in [0.15, 0.2) is 9.84 Å². The number of hydrogen-bond donors (Lipinski definition) is 1. The van der Waals surface area contributed by atoms with E-state index in [2.05, 4.69) is 10.2 Å². The zero-order valence-electron chi connectivity index (χ0n) is 21.8. The van der Waals surface area contributed by atoms with Gasteiger partial charge in [-0.25, -0.2) is 17.8 Å². The van der Waals surface area contributed by atoms with Crippen LogP contribution in [0.2, 0.25) is 0 Å². The number of hydrogen-bond acceptors (Lipinski definition) is 5. The third-order valence-electron chi connectivity index (χ3n) is 9.14. The van der Waals surface area contributed by atoms with Gasteiger partial charge >= 0.3 is 0 Å². The van der Waals surface area contributed by atoms with Gasteiger partial charge in [0, 0.05) is 37.0 Å². The monoisotopic (exact) mass is 524 g/mol. The summed E-state index contributed by atoms with van der Waals surface area (Å²) in [5, 5.41) is 3.50. The molecule has 6 nitrogen and oxygen atoms in total. The van der Waals surface area contributed by atoms with E-state index in [1.54, 1.807) is 30.3 Å². The number of imidazole rings is 1. The molecule has 8 heteroatoms. The number of aryl methyl sites for hydroxylation is 1. The van der Waals surface area contributed by atoms with Gasteiger partial charge in [0.25, 0.3) is 0 Å². The number of sulfone groups is 1. The summed E-state index contributed by atoms with van der Waals surface area (Å²) in [5.41, 5.74) is 3.19. The first-order valence-electron chi connectivity index (χ1n) is 13.7. The van der Waals surface area contributed by atoms with Crippen LogP contribution in [0.15, 0.2) is 41.3 Å². The van der Waals surface area contributed by atoms with Crippen LogP contribution in [0.1, 0.15) is 56.4 Å². The molecule has 1 N–H and O–H groups in total. The van der Waals surface area contributed by atoms with Crippen molar-refractivity contribution in [3.8, 4) is 11.4 Å². The number of rotatable bonds is 5. The summed E-state index contributed by atoms with van der Waals surface area (Å²) in [6.45, 7) is 3.26. The van der Waals surface area contributed by atoms with Crippen LogP contribution in [0.3, 0.4) is 0 Å². The lowest BCUT2D eigenvalue weighted by Crippen LogP contribution is -2.54. The summed E-state index contributed by atoms with van der Waals surface area (Å²) >= 11 is 0. The van der Waals surface area contributed by atoms with E-state index in [1.165, 1.54) is 38.4 Å². The number of benzene rings is 2. The SMILES string of the molecule is Cn1c(-c2ccc(S(C)(=O)=O)cc2)nc2cc(F)c(C3CCN(C4CCNCC4)[C@@H](C4CCC4)C3)cc21. The Balaban J connectivity index is 1.30. The Hall–Kier alpha value is -2.29. The lowest BCUT2D eigenvalue weighted by molar-refractivity contribution is 0.0111. The molecule has 2 aromatic carbocycles. The largest absolute Gasteiger partial charge is 0.327 e. The van der Waals surface area contributed by atoms with Crippen molar-refractivity contribution in [1.82, 2.24) is 19.8 Å². The number of nitrogens with one attached hydrogen (secondary N) is 1. The highest BCUT2D eigenvalue weighted by atomic mass is 32.2. The molecule has 6 rings (SSSR count). The number of likely N-dealkylation sites (tertiary alicyclic amines) is 1. The molecule has 2 saturated heterocycles. The first-order valence-corrected chi connectivity index (χ1v) is 15.6. The van der Waals surface area contributed by atoms with E-state index in [-0.39, 0.29) is 16.6 Å². The summed E-state index contributed by atoms with van der Waals surface area (Å²) in [5.74, 6) is 1.53. The Bertz CT molecular complexity index is 1390. The highest BCUT2D eigenvalue weighted by Gasteiger charge is 2.40. The van der Waals surface area contributed by atoms with Gasteiger partial charge in [0.05, 0.1) is 15.9 Å². The van der Waals surface area contributed by atoms with Crippen molar-refractivity contribution in [3.05, 3.63) is 47.8 Å². The summed E-state index contributed by atoms with van der Waals surface area (Å²) in [4.78, 5) is 7.79. The summed E-state index contributed by atoms with van der Waals surface area (Å²) in [6.07, 6.45) is 9.62. The standard InChI is InChI=1S/C29H37FN4O2S/c1-33-28-17-24(21-12-15-34(22-10-13-31-14-11-22)27(16-21)19-4-3-5-19)25(30)18-26(28)32-29(33)20-6-8-23(9-7-20)37(2,35)36/h6-9,17-19,21-22,27,31H,3-5,10-16H2,1-2H3/t21?,27-/m1/s1. The van der Waals surface area contributed by atoms with Crippen molar-refractivity contribution < 1.29 is 12.8 Å². The van der Waals surface area contributed by atoms with Crippen molar-refractivity contribution in [3.63, 3.8) is 0 Å². The van der Waals surface area contributed by atoms with Crippen LogP contribution < -0.4 is 5.32 Å². The highest BCUT2D eigenvalue weighted by Crippen LogP contribution is 2.43. The smallest absolute Gasteiger partial charge is 0.175 e. The quantitative estimate of drug-likeness (QED) is 0.515. The van der Waals surface area contributed by atoms with E-state index < -0.39 is 9.84 Å². The number of nitrogens with zero attached hydrogens (tertiary/aromatic N) is 3. The first-order chi connectivity index (χ1) is 17.8. The third kappa shape index (κ3) is 4.72. The minimum absolute atomic E-state index is 0.155. The Morgan fingerprint density at radius 1 is 1.03 bits per heavy atom. The van der Waals surface area contributed by atoms with Gasteiger partial charge in [-0.3, -0.25) is 4.90 Å². The average Bonchev–Trinajstić information content (AvgIpc) is 3.17. The first kappa shape index (κ1) is 25.0.